The second kappa shape index (κ2) is 7.30. The third-order valence-corrected chi connectivity index (χ3v) is 4.83. The average Bonchev–Trinajstić information content (AvgIpc) is 2.63. The van der Waals surface area contributed by atoms with Gasteiger partial charge >= 0.3 is 0 Å². The van der Waals surface area contributed by atoms with Crippen molar-refractivity contribution >= 4 is 21.6 Å². The minimum absolute atomic E-state index is 0.503. The molecule has 0 saturated carbocycles. The van der Waals surface area contributed by atoms with Crippen molar-refractivity contribution in [1.29, 1.82) is 0 Å². The molecule has 2 nitrogen and oxygen atoms in total. The lowest BCUT2D eigenvalue weighted by Gasteiger charge is -2.23. The van der Waals surface area contributed by atoms with Gasteiger partial charge in [0, 0.05) is 22.2 Å². The number of rotatable bonds is 4. The first-order valence-electron chi connectivity index (χ1n) is 7.42. The summed E-state index contributed by atoms with van der Waals surface area (Å²) in [5.74, 6) is 0. The van der Waals surface area contributed by atoms with Gasteiger partial charge in [-0.2, -0.15) is 0 Å². The van der Waals surface area contributed by atoms with Crippen LogP contribution in [0.4, 0.5) is 5.69 Å². The first-order chi connectivity index (χ1) is 9.16. The predicted molar refractivity (Wildman–Crippen MR) is 86.8 cm³/mol. The van der Waals surface area contributed by atoms with Crippen molar-refractivity contribution in [3.8, 4) is 0 Å². The molecule has 1 aromatic carbocycles. The van der Waals surface area contributed by atoms with E-state index in [-0.39, 0.29) is 0 Å². The van der Waals surface area contributed by atoms with Gasteiger partial charge in [0.25, 0.3) is 0 Å². The Morgan fingerprint density at radius 1 is 1.37 bits per heavy atom. The van der Waals surface area contributed by atoms with E-state index in [9.17, 15) is 0 Å². The maximum Gasteiger partial charge on any atom is 0.0383 e. The molecule has 1 aromatic rings. The summed E-state index contributed by atoms with van der Waals surface area (Å²) in [6, 6.07) is 7.53. The van der Waals surface area contributed by atoms with Gasteiger partial charge in [-0.15, -0.1) is 0 Å². The second-order valence-electron chi connectivity index (χ2n) is 5.69. The highest BCUT2D eigenvalue weighted by Gasteiger charge is 2.15. The number of benzene rings is 1. The van der Waals surface area contributed by atoms with Gasteiger partial charge in [-0.25, -0.2) is 0 Å². The van der Waals surface area contributed by atoms with Gasteiger partial charge < -0.3 is 10.6 Å². The van der Waals surface area contributed by atoms with Crippen LogP contribution in [0.5, 0.6) is 0 Å². The summed E-state index contributed by atoms with van der Waals surface area (Å²) in [5.41, 5.74) is 2.54. The quantitative estimate of drug-likeness (QED) is 0.853. The van der Waals surface area contributed by atoms with Crippen molar-refractivity contribution in [3.63, 3.8) is 0 Å². The number of halogens is 1. The van der Waals surface area contributed by atoms with Crippen molar-refractivity contribution in [3.05, 3.63) is 28.2 Å². The minimum atomic E-state index is 0.503. The van der Waals surface area contributed by atoms with Crippen molar-refractivity contribution in [1.82, 2.24) is 5.32 Å². The van der Waals surface area contributed by atoms with Crippen molar-refractivity contribution in [2.45, 2.75) is 58.0 Å². The Bertz CT molecular complexity index is 398. The Morgan fingerprint density at radius 3 is 3.05 bits per heavy atom. The molecule has 2 rings (SSSR count). The van der Waals surface area contributed by atoms with Gasteiger partial charge in [-0.1, -0.05) is 34.8 Å². The summed E-state index contributed by atoms with van der Waals surface area (Å²) in [5, 5.41) is 7.32. The molecule has 0 amide bonds. The first-order valence-corrected chi connectivity index (χ1v) is 8.21. The molecule has 2 atom stereocenters. The van der Waals surface area contributed by atoms with Crippen molar-refractivity contribution in [2.24, 2.45) is 0 Å². The predicted octanol–water partition coefficient (Wildman–Crippen LogP) is 4.48. The zero-order valence-electron chi connectivity index (χ0n) is 12.0. The molecule has 19 heavy (non-hydrogen) atoms. The Hall–Kier alpha value is -0.540. The summed E-state index contributed by atoms with van der Waals surface area (Å²) >= 11 is 3.59. The lowest BCUT2D eigenvalue weighted by molar-refractivity contribution is 0.456. The molecule has 0 radical (unpaired) electrons. The van der Waals surface area contributed by atoms with Gasteiger partial charge in [-0.3, -0.25) is 0 Å². The average molecular weight is 325 g/mol. The molecule has 106 valence electrons. The van der Waals surface area contributed by atoms with E-state index in [0.717, 1.165) is 0 Å². The SMILES string of the molecule is Cc1c(Br)cccc1NC(C)CC1CCCCCN1. The van der Waals surface area contributed by atoms with Gasteiger partial charge in [0.2, 0.25) is 0 Å². The van der Waals surface area contributed by atoms with E-state index in [1.807, 2.05) is 0 Å². The molecule has 1 fully saturated rings. The molecular formula is C16H25BrN2. The van der Waals surface area contributed by atoms with Crippen LogP contribution in [0.15, 0.2) is 22.7 Å². The van der Waals surface area contributed by atoms with Crippen LogP contribution in [0.25, 0.3) is 0 Å². The van der Waals surface area contributed by atoms with Crippen LogP contribution in [0, 0.1) is 6.92 Å². The van der Waals surface area contributed by atoms with Gasteiger partial charge in [0.05, 0.1) is 0 Å². The highest BCUT2D eigenvalue weighted by molar-refractivity contribution is 9.10. The first kappa shape index (κ1) is 14.9. The fraction of sp³-hybridized carbons (Fsp3) is 0.625. The van der Waals surface area contributed by atoms with Crippen LogP contribution >= 0.6 is 15.9 Å². The summed E-state index contributed by atoms with van der Waals surface area (Å²) in [6.07, 6.45) is 6.62. The van der Waals surface area contributed by atoms with Crippen LogP contribution in [0.3, 0.4) is 0 Å². The summed E-state index contributed by atoms with van der Waals surface area (Å²) in [7, 11) is 0. The van der Waals surface area contributed by atoms with E-state index in [2.05, 4.69) is 58.6 Å². The maximum atomic E-state index is 3.68. The van der Waals surface area contributed by atoms with Crippen LogP contribution in [-0.2, 0) is 0 Å². The molecule has 0 spiro atoms. The molecule has 0 bridgehead atoms. The summed E-state index contributed by atoms with van der Waals surface area (Å²) < 4.78 is 1.18. The Balaban J connectivity index is 1.89. The standard InChI is InChI=1S/C16H25BrN2/c1-12(11-14-7-4-3-5-10-18-14)19-16-9-6-8-15(17)13(16)2/h6,8-9,12,14,18-19H,3-5,7,10-11H2,1-2H3. The van der Waals surface area contributed by atoms with Crippen LogP contribution in [0.2, 0.25) is 0 Å². The van der Waals surface area contributed by atoms with Crippen LogP contribution < -0.4 is 10.6 Å². The molecule has 2 N–H and O–H groups in total. The largest absolute Gasteiger partial charge is 0.382 e. The minimum Gasteiger partial charge on any atom is -0.382 e. The van der Waals surface area contributed by atoms with Gasteiger partial charge in [-0.05, 0) is 57.4 Å². The van der Waals surface area contributed by atoms with Crippen LogP contribution in [0.1, 0.15) is 44.6 Å². The highest BCUT2D eigenvalue weighted by atomic mass is 79.9. The topological polar surface area (TPSA) is 24.1 Å². The van der Waals surface area contributed by atoms with E-state index in [1.165, 1.54) is 54.4 Å². The van der Waals surface area contributed by atoms with E-state index in [1.54, 1.807) is 0 Å². The van der Waals surface area contributed by atoms with Crippen molar-refractivity contribution in [2.75, 3.05) is 11.9 Å². The van der Waals surface area contributed by atoms with E-state index in [0.29, 0.717) is 12.1 Å². The maximum absolute atomic E-state index is 3.68. The van der Waals surface area contributed by atoms with E-state index < -0.39 is 0 Å². The highest BCUT2D eigenvalue weighted by Crippen LogP contribution is 2.25. The van der Waals surface area contributed by atoms with E-state index in [4.69, 9.17) is 0 Å². The molecule has 1 saturated heterocycles. The zero-order valence-corrected chi connectivity index (χ0v) is 13.6. The monoisotopic (exact) mass is 324 g/mol. The Kier molecular flexibility index (Phi) is 5.71. The van der Waals surface area contributed by atoms with Crippen molar-refractivity contribution < 1.29 is 0 Å². The molecule has 0 aromatic heterocycles. The van der Waals surface area contributed by atoms with Gasteiger partial charge in [0.15, 0.2) is 0 Å². The number of anilines is 1. The smallest absolute Gasteiger partial charge is 0.0383 e. The lowest BCUT2D eigenvalue weighted by atomic mass is 10.0. The van der Waals surface area contributed by atoms with Crippen LogP contribution in [-0.4, -0.2) is 18.6 Å². The third-order valence-electron chi connectivity index (χ3n) is 3.97. The van der Waals surface area contributed by atoms with Gasteiger partial charge in [0.1, 0.15) is 0 Å². The molecule has 3 heteroatoms. The molecule has 2 unspecified atom stereocenters. The Labute approximate surface area is 125 Å². The second-order valence-corrected chi connectivity index (χ2v) is 6.55. The number of nitrogens with one attached hydrogen (secondary N) is 2. The van der Waals surface area contributed by atoms with E-state index >= 15 is 0 Å². The zero-order chi connectivity index (χ0) is 13.7. The summed E-state index contributed by atoms with van der Waals surface area (Å²) in [6.45, 7) is 5.63. The fourth-order valence-electron chi connectivity index (χ4n) is 2.82. The number of hydrogen-bond acceptors (Lipinski definition) is 2. The molecular weight excluding hydrogens is 300 g/mol. The molecule has 1 aliphatic heterocycles. The third kappa shape index (κ3) is 4.50. The normalized spacial score (nSPS) is 21.7. The Morgan fingerprint density at radius 2 is 2.21 bits per heavy atom. The molecule has 1 heterocycles. The summed E-state index contributed by atoms with van der Waals surface area (Å²) in [4.78, 5) is 0. The number of hydrogen-bond donors (Lipinski definition) is 2. The molecule has 0 aliphatic carbocycles. The molecule has 1 aliphatic rings. The fourth-order valence-corrected chi connectivity index (χ4v) is 3.18. The lowest BCUT2D eigenvalue weighted by Crippen LogP contribution is -2.33.